The summed E-state index contributed by atoms with van der Waals surface area (Å²) < 4.78 is 21.1. The summed E-state index contributed by atoms with van der Waals surface area (Å²) in [7, 11) is 2.89. The Morgan fingerprint density at radius 3 is 2.63 bits per heavy atom. The number of nitriles is 1. The molecule has 1 atom stereocenters. The normalized spacial score (nSPS) is 16.4. The Morgan fingerprint density at radius 2 is 1.97 bits per heavy atom. The molecule has 1 aromatic carbocycles. The summed E-state index contributed by atoms with van der Waals surface area (Å²) in [6.45, 7) is 13.3. The van der Waals surface area contributed by atoms with Crippen molar-refractivity contribution in [1.29, 1.82) is 5.26 Å². The molecule has 0 saturated carbocycles. The first-order valence-electron chi connectivity index (χ1n) is 13.1. The van der Waals surface area contributed by atoms with Crippen LogP contribution in [0.5, 0.6) is 0 Å². The van der Waals surface area contributed by atoms with Crippen molar-refractivity contribution in [3.05, 3.63) is 39.1 Å². The number of aliphatic imine (C=N–C) groups is 1. The number of ether oxygens (including phenoxy) is 1. The van der Waals surface area contributed by atoms with Gasteiger partial charge in [-0.25, -0.2) is 9.38 Å². The van der Waals surface area contributed by atoms with E-state index in [1.54, 1.807) is 0 Å². The van der Waals surface area contributed by atoms with Crippen LogP contribution in [0.2, 0.25) is 0 Å². The Bertz CT molecular complexity index is 1580. The number of amidine groups is 1. The van der Waals surface area contributed by atoms with Crippen LogP contribution >= 0.6 is 20.6 Å². The second kappa shape index (κ2) is 11.9. The molecule has 2 aliphatic rings. The van der Waals surface area contributed by atoms with Gasteiger partial charge < -0.3 is 15.4 Å². The van der Waals surface area contributed by atoms with Crippen molar-refractivity contribution in [2.75, 3.05) is 18.8 Å². The van der Waals surface area contributed by atoms with Gasteiger partial charge in [0.15, 0.2) is 5.82 Å². The number of aromatic nitrogens is 1. The topological polar surface area (TPSA) is 87.5 Å². The molecule has 5 rings (SSSR count). The summed E-state index contributed by atoms with van der Waals surface area (Å²) in [5.74, 6) is 0.544. The standard InChI is InChI=1S/C27H29FN5OPS.C2H6/c1-4-14(2)21-17(10-31-15(3)33-7-5-6-8-33)18-12-34-13-19(18)22(25(21)35)24-23-16(9-29)27(30)36-26(23)20(28)11-32-24;1-2/h10-11H,4-8,12-13,30,35H2,1-3H3;1-2H3/b17-10-,21-14?,31-15?;. The van der Waals surface area contributed by atoms with E-state index in [2.05, 4.69) is 46.0 Å². The molecule has 3 aromatic rings. The van der Waals surface area contributed by atoms with E-state index in [1.807, 2.05) is 20.0 Å². The molecule has 1 fully saturated rings. The number of likely N-dealkylation sites (tertiary alicyclic amines) is 1. The van der Waals surface area contributed by atoms with Crippen molar-refractivity contribution in [3.63, 3.8) is 0 Å². The van der Waals surface area contributed by atoms with Crippen molar-refractivity contribution >= 4 is 58.6 Å². The van der Waals surface area contributed by atoms with E-state index in [1.165, 1.54) is 24.6 Å². The maximum atomic E-state index is 14.7. The number of halogens is 1. The Hall–Kier alpha value is -2.85. The predicted octanol–water partition coefficient (Wildman–Crippen LogP) is 4.95. The van der Waals surface area contributed by atoms with E-state index in [0.717, 1.165) is 69.1 Å². The largest absolute Gasteiger partial charge is 0.389 e. The third-order valence-electron chi connectivity index (χ3n) is 7.24. The minimum atomic E-state index is -0.474. The number of rotatable bonds is 3. The maximum Gasteiger partial charge on any atom is 0.159 e. The highest BCUT2D eigenvalue weighted by Crippen LogP contribution is 2.41. The number of nitrogens with zero attached hydrogens (tertiary/aromatic N) is 4. The zero-order valence-corrected chi connectivity index (χ0v) is 24.7. The van der Waals surface area contributed by atoms with Crippen LogP contribution in [0.3, 0.4) is 0 Å². The monoisotopic (exact) mass is 551 g/mol. The van der Waals surface area contributed by atoms with Crippen LogP contribution in [0.15, 0.2) is 11.2 Å². The first-order valence-corrected chi connectivity index (χ1v) is 14.5. The molecule has 4 heterocycles. The molecule has 200 valence electrons. The van der Waals surface area contributed by atoms with E-state index in [4.69, 9.17) is 15.5 Å². The molecular formula is C29H35FN5OPS. The average molecular weight is 552 g/mol. The summed E-state index contributed by atoms with van der Waals surface area (Å²) in [6.07, 6.45) is 6.46. The zero-order valence-electron chi connectivity index (χ0n) is 22.7. The van der Waals surface area contributed by atoms with Gasteiger partial charge in [0.2, 0.25) is 0 Å². The fraction of sp³-hybridized carbons (Fsp3) is 0.414. The second-order valence-electron chi connectivity index (χ2n) is 9.27. The molecule has 2 aliphatic heterocycles. The molecular weight excluding hydrogens is 516 g/mol. The number of pyridine rings is 1. The van der Waals surface area contributed by atoms with Gasteiger partial charge >= 0.3 is 0 Å². The third-order valence-corrected chi connectivity index (χ3v) is 8.84. The zero-order chi connectivity index (χ0) is 27.6. The summed E-state index contributed by atoms with van der Waals surface area (Å²) in [5.41, 5.74) is 11.1. The maximum absolute atomic E-state index is 14.7. The van der Waals surface area contributed by atoms with Crippen LogP contribution in [0, 0.1) is 17.1 Å². The van der Waals surface area contributed by atoms with Crippen molar-refractivity contribution in [2.45, 2.75) is 67.1 Å². The molecule has 0 radical (unpaired) electrons. The van der Waals surface area contributed by atoms with Crippen LogP contribution in [0.4, 0.5) is 9.39 Å². The molecule has 2 N–H and O–H groups in total. The second-order valence-corrected chi connectivity index (χ2v) is 10.9. The molecule has 0 aliphatic carbocycles. The highest BCUT2D eigenvalue weighted by Gasteiger charge is 2.27. The summed E-state index contributed by atoms with van der Waals surface area (Å²) in [4.78, 5) is 11.7. The van der Waals surface area contributed by atoms with Gasteiger partial charge in [-0.2, -0.15) is 5.26 Å². The number of thiophene rings is 1. The average Bonchev–Trinajstić information content (AvgIpc) is 3.69. The lowest BCUT2D eigenvalue weighted by Crippen LogP contribution is -2.41. The summed E-state index contributed by atoms with van der Waals surface area (Å²) in [6, 6.07) is 2.17. The van der Waals surface area contributed by atoms with Crippen molar-refractivity contribution in [3.8, 4) is 17.3 Å². The predicted molar refractivity (Wildman–Crippen MR) is 160 cm³/mol. The third kappa shape index (κ3) is 4.84. The van der Waals surface area contributed by atoms with Gasteiger partial charge in [0.25, 0.3) is 0 Å². The Labute approximate surface area is 229 Å². The molecule has 1 unspecified atom stereocenters. The quantitative estimate of drug-likeness (QED) is 0.283. The lowest BCUT2D eigenvalue weighted by molar-refractivity contribution is 0.134. The minimum Gasteiger partial charge on any atom is -0.389 e. The van der Waals surface area contributed by atoms with Crippen LogP contribution in [-0.4, -0.2) is 28.8 Å². The van der Waals surface area contributed by atoms with Crippen LogP contribution in [0.1, 0.15) is 70.6 Å². The van der Waals surface area contributed by atoms with Crippen LogP contribution in [-0.2, 0) is 18.0 Å². The van der Waals surface area contributed by atoms with Crippen LogP contribution < -0.4 is 21.5 Å². The van der Waals surface area contributed by atoms with E-state index in [0.29, 0.717) is 34.0 Å². The van der Waals surface area contributed by atoms with Crippen molar-refractivity contribution in [2.24, 2.45) is 4.99 Å². The first-order chi connectivity index (χ1) is 18.4. The van der Waals surface area contributed by atoms with Gasteiger partial charge in [-0.1, -0.05) is 26.3 Å². The fourth-order valence-electron chi connectivity index (χ4n) is 5.19. The van der Waals surface area contributed by atoms with Crippen molar-refractivity contribution < 1.29 is 9.13 Å². The highest BCUT2D eigenvalue weighted by molar-refractivity contribution is 7.28. The minimum absolute atomic E-state index is 0.272. The van der Waals surface area contributed by atoms with Gasteiger partial charge in [-0.15, -0.1) is 20.6 Å². The summed E-state index contributed by atoms with van der Waals surface area (Å²) >= 11 is 1.09. The van der Waals surface area contributed by atoms with Crippen LogP contribution in [0.25, 0.3) is 33.1 Å². The number of hydrogen-bond donors (Lipinski definition) is 1. The number of hydrogen-bond acceptors (Lipinski definition) is 6. The van der Waals surface area contributed by atoms with E-state index >= 15 is 0 Å². The SMILES string of the molecule is CC.CCC(C)=c1c(P)c(-c2ncc(F)c3sc(N)c(C#N)c23)c2c(/c1=C/N=C(C)N1CCCC1)COC2. The molecule has 0 amide bonds. The lowest BCUT2D eigenvalue weighted by atomic mass is 9.93. The highest BCUT2D eigenvalue weighted by atomic mass is 32.1. The Balaban J connectivity index is 0.00000164. The number of nitrogens with two attached hydrogens (primary N) is 1. The fourth-order valence-corrected chi connectivity index (χ4v) is 6.83. The Morgan fingerprint density at radius 1 is 1.29 bits per heavy atom. The number of benzene rings is 1. The van der Waals surface area contributed by atoms with E-state index < -0.39 is 5.82 Å². The molecule has 0 bridgehead atoms. The van der Waals surface area contributed by atoms with Gasteiger partial charge in [0, 0.05) is 35.5 Å². The molecule has 1 saturated heterocycles. The Kier molecular flexibility index (Phi) is 8.82. The van der Waals surface area contributed by atoms with Gasteiger partial charge in [0.1, 0.15) is 16.9 Å². The number of nitrogen functional groups attached to an aromatic ring is 1. The van der Waals surface area contributed by atoms with Gasteiger partial charge in [-0.05, 0) is 54.8 Å². The van der Waals surface area contributed by atoms with E-state index in [-0.39, 0.29) is 5.56 Å². The molecule has 6 nitrogen and oxygen atoms in total. The molecule has 0 spiro atoms. The van der Waals surface area contributed by atoms with Crippen molar-refractivity contribution in [1.82, 2.24) is 9.88 Å². The molecule has 38 heavy (non-hydrogen) atoms. The van der Waals surface area contributed by atoms with Gasteiger partial charge in [-0.3, -0.25) is 4.98 Å². The first kappa shape index (κ1) is 28.2. The smallest absolute Gasteiger partial charge is 0.159 e. The number of fused-ring (bicyclic) bond motifs is 2. The summed E-state index contributed by atoms with van der Waals surface area (Å²) in [5, 5.41) is 13.7. The number of anilines is 1. The molecule has 2 aromatic heterocycles. The molecule has 9 heteroatoms. The van der Waals surface area contributed by atoms with E-state index in [9.17, 15) is 9.65 Å². The van der Waals surface area contributed by atoms with Gasteiger partial charge in [0.05, 0.1) is 35.4 Å². The lowest BCUT2D eigenvalue weighted by Gasteiger charge is -2.17.